The smallest absolute Gasteiger partial charge is 0.871 e. The average Bonchev–Trinajstić information content (AvgIpc) is 3.23. The Labute approximate surface area is 408 Å². The molecule has 0 saturated heterocycles. The summed E-state index contributed by atoms with van der Waals surface area (Å²) in [5.41, 5.74) is 0.673. The molecule has 63 heavy (non-hydrogen) atoms. The van der Waals surface area contributed by atoms with Crippen molar-refractivity contribution in [1.29, 1.82) is 0 Å². The van der Waals surface area contributed by atoms with Crippen LogP contribution in [0.2, 0.25) is 0 Å². The summed E-state index contributed by atoms with van der Waals surface area (Å²) in [5.74, 6) is 0.707. The zero-order valence-corrected chi connectivity index (χ0v) is 41.6. The van der Waals surface area contributed by atoms with Crippen molar-refractivity contribution in [3.05, 3.63) is 96.1 Å². The van der Waals surface area contributed by atoms with E-state index in [4.69, 9.17) is 9.47 Å². The number of unbranched alkanes of at least 4 members (excludes halogenated alkanes) is 20. The van der Waals surface area contributed by atoms with Gasteiger partial charge in [-0.2, -0.15) is 8.42 Å². The molecule has 0 fully saturated rings. The second kappa shape index (κ2) is 31.9. The molecule has 0 radical (unpaired) electrons. The molecule has 0 heterocycles. The molecule has 0 bridgehead atoms. The van der Waals surface area contributed by atoms with Gasteiger partial charge in [0.15, 0.2) is 0 Å². The first kappa shape index (κ1) is 56.3. The van der Waals surface area contributed by atoms with Gasteiger partial charge in [-0.3, -0.25) is 4.55 Å². The Hall–Kier alpha value is -2.84. The van der Waals surface area contributed by atoms with Gasteiger partial charge in [0, 0.05) is 10.5 Å². The van der Waals surface area contributed by atoms with Gasteiger partial charge in [-0.25, -0.2) is 8.42 Å². The number of para-hydroxylation sites is 2. The number of phenols is 1. The quantitative estimate of drug-likeness (QED) is 0.0291. The van der Waals surface area contributed by atoms with Gasteiger partial charge in [0.2, 0.25) is 0 Å². The summed E-state index contributed by atoms with van der Waals surface area (Å²) < 4.78 is 78.6. The van der Waals surface area contributed by atoms with E-state index >= 15 is 0 Å². The fourth-order valence-electron chi connectivity index (χ4n) is 7.42. The standard InChI is InChI=1S/2C25H36O5S.Ca/c2*1-2-3-4-5-6-7-8-9-10-11-15-18-22-23(30-21-16-13-12-14-17-21)19-20-24(25(22)26)31(27,28)29;/h2*12-14,16-17,19-20,26H,2-11,15,18H2,1H3,(H,27,28,29);/q;;+2/p-2. The Balaban J connectivity index is 0.000000427. The molecule has 0 aliphatic rings. The van der Waals surface area contributed by atoms with Crippen molar-refractivity contribution in [1.82, 2.24) is 0 Å². The van der Waals surface area contributed by atoms with E-state index in [0.717, 1.165) is 44.6 Å². The molecule has 4 aromatic carbocycles. The summed E-state index contributed by atoms with van der Waals surface area (Å²) >= 11 is 0. The number of phenolic OH excluding ortho intramolecular Hbond substituents is 1. The number of rotatable bonds is 30. The summed E-state index contributed by atoms with van der Waals surface area (Å²) in [7, 11) is -9.32. The van der Waals surface area contributed by atoms with Crippen LogP contribution in [0, 0.1) is 0 Å². The van der Waals surface area contributed by atoms with Crippen LogP contribution in [0.1, 0.15) is 166 Å². The molecule has 0 atom stereocenters. The fourth-order valence-corrected chi connectivity index (χ4v) is 8.61. The Kier molecular flexibility index (Phi) is 28.5. The number of ether oxygens (including phenoxy) is 2. The molecule has 4 rings (SSSR count). The van der Waals surface area contributed by atoms with E-state index in [0.29, 0.717) is 41.4 Å². The van der Waals surface area contributed by atoms with Crippen LogP contribution in [0.25, 0.3) is 0 Å². The molecule has 0 aromatic heterocycles. The Morgan fingerprint density at radius 1 is 0.476 bits per heavy atom. The monoisotopic (exact) mass is 934 g/mol. The van der Waals surface area contributed by atoms with Gasteiger partial charge in [-0.1, -0.05) is 184 Å². The van der Waals surface area contributed by atoms with Crippen LogP contribution in [-0.2, 0) is 33.1 Å². The Bertz CT molecular complexity index is 1910. The van der Waals surface area contributed by atoms with Gasteiger partial charge in [0.05, 0.1) is 0 Å². The molecular formula is C50H70CaO10S2. The summed E-state index contributed by atoms with van der Waals surface area (Å²) in [4.78, 5) is -1.18. The average molecular weight is 935 g/mol. The van der Waals surface area contributed by atoms with Crippen LogP contribution in [0.4, 0.5) is 0 Å². The first-order valence-electron chi connectivity index (χ1n) is 22.9. The minimum Gasteiger partial charge on any atom is -0.871 e. The molecule has 0 aliphatic carbocycles. The van der Waals surface area contributed by atoms with Crippen molar-refractivity contribution >= 4 is 58.0 Å². The second-order valence-electron chi connectivity index (χ2n) is 16.1. The first-order chi connectivity index (χ1) is 29.9. The van der Waals surface area contributed by atoms with E-state index in [-0.39, 0.29) is 43.3 Å². The van der Waals surface area contributed by atoms with E-state index in [1.54, 1.807) is 24.3 Å². The number of benzene rings is 4. The van der Waals surface area contributed by atoms with Crippen LogP contribution >= 0.6 is 0 Å². The minimum atomic E-state index is -4.82. The molecule has 0 aliphatic heterocycles. The van der Waals surface area contributed by atoms with Crippen LogP contribution in [0.15, 0.2) is 94.7 Å². The maximum absolute atomic E-state index is 12.7. The number of aromatic hydroxyl groups is 1. The minimum absolute atomic E-state index is 0. The molecule has 13 heteroatoms. The van der Waals surface area contributed by atoms with Gasteiger partial charge in [-0.05, 0) is 79.8 Å². The molecule has 0 amide bonds. The molecule has 2 N–H and O–H groups in total. The predicted octanol–water partition coefficient (Wildman–Crippen LogP) is 13.2. The summed E-state index contributed by atoms with van der Waals surface area (Å²) in [6.07, 6.45) is 27.1. The van der Waals surface area contributed by atoms with Crippen molar-refractivity contribution < 1.29 is 45.6 Å². The third kappa shape index (κ3) is 22.3. The molecule has 0 unspecified atom stereocenters. The van der Waals surface area contributed by atoms with Gasteiger partial charge in [-0.15, -0.1) is 0 Å². The van der Waals surface area contributed by atoms with E-state index in [1.807, 2.05) is 36.4 Å². The largest absolute Gasteiger partial charge is 2.00 e. The zero-order valence-electron chi connectivity index (χ0n) is 37.7. The number of hydrogen-bond acceptors (Lipinski definition) is 9. The van der Waals surface area contributed by atoms with Crippen LogP contribution in [-0.4, -0.2) is 68.8 Å². The maximum atomic E-state index is 12.7. The molecule has 0 spiro atoms. The number of hydrogen-bond donors (Lipinski definition) is 2. The van der Waals surface area contributed by atoms with E-state index < -0.39 is 41.5 Å². The van der Waals surface area contributed by atoms with Crippen LogP contribution in [0.3, 0.4) is 0 Å². The molecule has 0 saturated carbocycles. The third-order valence-corrected chi connectivity index (χ3v) is 12.7. The SMILES string of the molecule is CCCCCCCCCCCCCc1c(Oc2ccccc2)ccc(S(=O)(=O)O)c1O.CCCCCCCCCCCCCc1c(Oc2ccccc2)ccc(S(=O)(=O)[O-])c1[O-].[Ca+2]. The van der Waals surface area contributed by atoms with Gasteiger partial charge < -0.3 is 24.2 Å². The summed E-state index contributed by atoms with van der Waals surface area (Å²) in [5, 5.41) is 23.2. The first-order valence-corrected chi connectivity index (χ1v) is 25.8. The van der Waals surface area contributed by atoms with Crippen molar-refractivity contribution in [2.24, 2.45) is 0 Å². The zero-order chi connectivity index (χ0) is 45.1. The second-order valence-corrected chi connectivity index (χ2v) is 18.8. The Morgan fingerprint density at radius 2 is 0.810 bits per heavy atom. The predicted molar refractivity (Wildman–Crippen MR) is 251 cm³/mol. The van der Waals surface area contributed by atoms with Crippen molar-refractivity contribution in [3.63, 3.8) is 0 Å². The van der Waals surface area contributed by atoms with E-state index in [1.165, 1.54) is 121 Å². The van der Waals surface area contributed by atoms with Gasteiger partial charge in [0.25, 0.3) is 10.1 Å². The van der Waals surface area contributed by atoms with Crippen LogP contribution < -0.4 is 14.6 Å². The van der Waals surface area contributed by atoms with Crippen molar-refractivity contribution in [3.8, 4) is 34.5 Å². The molecule has 10 nitrogen and oxygen atoms in total. The topological polar surface area (TPSA) is 173 Å². The van der Waals surface area contributed by atoms with Crippen LogP contribution in [0.5, 0.6) is 34.5 Å². The van der Waals surface area contributed by atoms with E-state index in [9.17, 15) is 36.2 Å². The molecule has 4 aromatic rings. The summed E-state index contributed by atoms with van der Waals surface area (Å²) in [6, 6.07) is 23.2. The summed E-state index contributed by atoms with van der Waals surface area (Å²) in [6.45, 7) is 4.46. The van der Waals surface area contributed by atoms with Gasteiger partial charge >= 0.3 is 37.7 Å². The fraction of sp³-hybridized carbons (Fsp3) is 0.520. The molecular weight excluding hydrogens is 865 g/mol. The molecule has 344 valence electrons. The maximum Gasteiger partial charge on any atom is 2.00 e. The van der Waals surface area contributed by atoms with Gasteiger partial charge in [0.1, 0.15) is 43.8 Å². The third-order valence-electron chi connectivity index (χ3n) is 10.9. The van der Waals surface area contributed by atoms with Crippen molar-refractivity contribution in [2.45, 2.75) is 178 Å². The Morgan fingerprint density at radius 3 is 1.17 bits per heavy atom. The van der Waals surface area contributed by atoms with Crippen molar-refractivity contribution in [2.75, 3.05) is 0 Å². The normalized spacial score (nSPS) is 11.4. The van der Waals surface area contributed by atoms with E-state index in [2.05, 4.69) is 13.8 Å².